The Morgan fingerprint density at radius 1 is 1.22 bits per heavy atom. The van der Waals surface area contributed by atoms with Crippen LogP contribution in [0.1, 0.15) is 10.5 Å². The number of carbonyl (C=O) groups is 1. The molecule has 2 heterocycles. The smallest absolute Gasteiger partial charge is 0.360 e. The molecule has 122 valence electrons. The van der Waals surface area contributed by atoms with Gasteiger partial charge in [-0.1, -0.05) is 0 Å². The van der Waals surface area contributed by atoms with Crippen molar-refractivity contribution in [1.29, 1.82) is 0 Å². The van der Waals surface area contributed by atoms with E-state index < -0.39 is 5.97 Å². The van der Waals surface area contributed by atoms with E-state index in [2.05, 4.69) is 15.0 Å². The van der Waals surface area contributed by atoms with Gasteiger partial charge >= 0.3 is 12.0 Å². The average molecular weight is 340 g/mol. The Bertz CT molecular complexity index is 661. The van der Waals surface area contributed by atoms with Crippen LogP contribution in [-0.2, 0) is 4.74 Å². The Morgan fingerprint density at radius 3 is 2.52 bits per heavy atom. The van der Waals surface area contributed by atoms with Gasteiger partial charge in [0.15, 0.2) is 11.4 Å². The normalized spacial score (nSPS) is 10.0. The molecule has 2 aromatic heterocycles. The molecule has 0 aliphatic heterocycles. The molecule has 2 rings (SSSR count). The minimum Gasteiger partial charge on any atom is -0.481 e. The fraction of sp³-hybridized carbons (Fsp3) is 0.286. The fourth-order valence-electron chi connectivity index (χ4n) is 1.56. The van der Waals surface area contributed by atoms with Gasteiger partial charge in [0.1, 0.15) is 6.61 Å². The highest BCUT2D eigenvalue weighted by Gasteiger charge is 2.18. The fourth-order valence-corrected chi connectivity index (χ4v) is 1.64. The number of ether oxygens (including phenoxy) is 4. The van der Waals surface area contributed by atoms with Crippen LogP contribution < -0.4 is 14.2 Å². The molecule has 0 saturated carbocycles. The van der Waals surface area contributed by atoms with Crippen molar-refractivity contribution in [2.75, 3.05) is 26.7 Å². The second kappa shape index (κ2) is 8.14. The van der Waals surface area contributed by atoms with E-state index in [1.807, 2.05) is 0 Å². The lowest BCUT2D eigenvalue weighted by Gasteiger charge is -2.10. The van der Waals surface area contributed by atoms with E-state index in [1.54, 1.807) is 12.1 Å². The Hall–Kier alpha value is -2.61. The highest BCUT2D eigenvalue weighted by Crippen LogP contribution is 2.25. The monoisotopic (exact) mass is 339 g/mol. The van der Waals surface area contributed by atoms with E-state index in [0.717, 1.165) is 0 Å². The predicted octanol–water partition coefficient (Wildman–Crippen LogP) is 2.08. The molecule has 0 atom stereocenters. The minimum absolute atomic E-state index is 0.0111. The lowest BCUT2D eigenvalue weighted by atomic mass is 10.3. The number of pyridine rings is 1. The number of halogens is 1. The quantitative estimate of drug-likeness (QED) is 0.559. The predicted molar refractivity (Wildman–Crippen MR) is 80.4 cm³/mol. The summed E-state index contributed by atoms with van der Waals surface area (Å²) >= 11 is 5.49. The summed E-state index contributed by atoms with van der Waals surface area (Å²) in [6.45, 7) is 0.0693. The van der Waals surface area contributed by atoms with Gasteiger partial charge in [0.2, 0.25) is 11.8 Å². The summed E-state index contributed by atoms with van der Waals surface area (Å²) in [6.07, 6.45) is 1.44. The highest BCUT2D eigenvalue weighted by molar-refractivity contribution is 6.18. The van der Waals surface area contributed by atoms with Gasteiger partial charge in [-0.15, -0.1) is 11.6 Å². The van der Waals surface area contributed by atoms with Crippen LogP contribution in [0.25, 0.3) is 0 Å². The molecule has 23 heavy (non-hydrogen) atoms. The summed E-state index contributed by atoms with van der Waals surface area (Å²) in [6, 6.07) is 4.58. The zero-order valence-corrected chi connectivity index (χ0v) is 13.2. The number of carbonyl (C=O) groups excluding carboxylic acids is 1. The summed E-state index contributed by atoms with van der Waals surface area (Å²) in [7, 11) is 2.90. The molecule has 0 unspecified atom stereocenters. The van der Waals surface area contributed by atoms with Crippen molar-refractivity contribution >= 4 is 17.6 Å². The highest BCUT2D eigenvalue weighted by atomic mass is 35.5. The summed E-state index contributed by atoms with van der Waals surface area (Å²) in [5.74, 6) is 0.174. The number of aromatic nitrogens is 3. The van der Waals surface area contributed by atoms with E-state index in [9.17, 15) is 4.79 Å². The zero-order valence-electron chi connectivity index (χ0n) is 12.5. The first-order chi connectivity index (χ1) is 11.2. The second-order valence-corrected chi connectivity index (χ2v) is 4.39. The van der Waals surface area contributed by atoms with Gasteiger partial charge in [-0.3, -0.25) is 0 Å². The van der Waals surface area contributed by atoms with Gasteiger partial charge in [-0.05, 0) is 12.1 Å². The molecule has 9 heteroatoms. The largest absolute Gasteiger partial charge is 0.481 e. The number of nitrogens with zero attached hydrogens (tertiary/aromatic N) is 3. The van der Waals surface area contributed by atoms with E-state index in [-0.39, 0.29) is 41.7 Å². The third-order valence-electron chi connectivity index (χ3n) is 2.55. The molecule has 0 aliphatic carbocycles. The van der Waals surface area contributed by atoms with Crippen LogP contribution in [0, 0.1) is 0 Å². The molecule has 2 aromatic rings. The maximum atomic E-state index is 11.9. The molecule has 8 nitrogen and oxygen atoms in total. The average Bonchev–Trinajstić information content (AvgIpc) is 2.59. The Balaban J connectivity index is 2.28. The molecule has 0 saturated heterocycles. The van der Waals surface area contributed by atoms with E-state index in [4.69, 9.17) is 30.5 Å². The van der Waals surface area contributed by atoms with Gasteiger partial charge in [-0.25, -0.2) is 9.78 Å². The maximum Gasteiger partial charge on any atom is 0.360 e. The molecular formula is C14H14ClN3O5. The number of methoxy groups -OCH3 is 2. The summed E-state index contributed by atoms with van der Waals surface area (Å²) in [4.78, 5) is 23.9. The van der Waals surface area contributed by atoms with Crippen LogP contribution in [0.5, 0.6) is 23.5 Å². The number of hydrogen-bond acceptors (Lipinski definition) is 8. The molecule has 0 N–H and O–H groups in total. The SMILES string of the molecule is COc1cc(OC)nc(Oc2cccnc2C(=O)OCCCl)n1. The molecule has 0 aromatic carbocycles. The van der Waals surface area contributed by atoms with Crippen molar-refractivity contribution in [3.05, 3.63) is 30.1 Å². The van der Waals surface area contributed by atoms with Crippen molar-refractivity contribution < 1.29 is 23.7 Å². The molecule has 0 spiro atoms. The van der Waals surface area contributed by atoms with Crippen LogP contribution in [-0.4, -0.2) is 47.6 Å². The lowest BCUT2D eigenvalue weighted by Crippen LogP contribution is -2.11. The zero-order chi connectivity index (χ0) is 16.7. The Kier molecular flexibility index (Phi) is 5.93. The van der Waals surface area contributed by atoms with Gasteiger partial charge in [-0.2, -0.15) is 9.97 Å². The van der Waals surface area contributed by atoms with E-state index >= 15 is 0 Å². The van der Waals surface area contributed by atoms with Crippen LogP contribution in [0.3, 0.4) is 0 Å². The van der Waals surface area contributed by atoms with Gasteiger partial charge < -0.3 is 18.9 Å². The van der Waals surface area contributed by atoms with Gasteiger partial charge in [0.05, 0.1) is 26.2 Å². The first-order valence-corrected chi connectivity index (χ1v) is 7.04. The van der Waals surface area contributed by atoms with Gasteiger partial charge in [0.25, 0.3) is 0 Å². The molecule has 0 aliphatic rings. The lowest BCUT2D eigenvalue weighted by molar-refractivity contribution is 0.0519. The molecule has 0 bridgehead atoms. The topological polar surface area (TPSA) is 92.7 Å². The van der Waals surface area contributed by atoms with Crippen LogP contribution in [0.4, 0.5) is 0 Å². The molecule has 0 fully saturated rings. The number of hydrogen-bond donors (Lipinski definition) is 0. The van der Waals surface area contributed by atoms with E-state index in [1.165, 1.54) is 26.5 Å². The van der Waals surface area contributed by atoms with Crippen molar-refractivity contribution in [1.82, 2.24) is 15.0 Å². The maximum absolute atomic E-state index is 11.9. The van der Waals surface area contributed by atoms with Crippen molar-refractivity contribution in [3.8, 4) is 23.5 Å². The van der Waals surface area contributed by atoms with Crippen LogP contribution in [0.15, 0.2) is 24.4 Å². The van der Waals surface area contributed by atoms with Crippen LogP contribution in [0.2, 0.25) is 0 Å². The second-order valence-electron chi connectivity index (χ2n) is 4.01. The summed E-state index contributed by atoms with van der Waals surface area (Å²) < 4.78 is 20.5. The standard InChI is InChI=1S/C14H14ClN3O5/c1-20-10-8-11(21-2)18-14(17-10)23-9-4-3-6-16-12(9)13(19)22-7-5-15/h3-4,6,8H,5,7H2,1-2H3. The molecule has 0 radical (unpaired) electrons. The van der Waals surface area contributed by atoms with Crippen LogP contribution >= 0.6 is 11.6 Å². The van der Waals surface area contributed by atoms with Crippen molar-refractivity contribution in [2.24, 2.45) is 0 Å². The Morgan fingerprint density at radius 2 is 1.91 bits per heavy atom. The third-order valence-corrected chi connectivity index (χ3v) is 2.71. The first kappa shape index (κ1) is 16.8. The van der Waals surface area contributed by atoms with Crippen molar-refractivity contribution in [2.45, 2.75) is 0 Å². The molecule has 0 amide bonds. The number of alkyl halides is 1. The summed E-state index contributed by atoms with van der Waals surface area (Å²) in [5, 5.41) is 0. The number of rotatable bonds is 7. The first-order valence-electron chi connectivity index (χ1n) is 6.51. The van der Waals surface area contributed by atoms with E-state index in [0.29, 0.717) is 0 Å². The van der Waals surface area contributed by atoms with Gasteiger partial charge in [0, 0.05) is 6.20 Å². The number of esters is 1. The molecular weight excluding hydrogens is 326 g/mol. The third kappa shape index (κ3) is 4.43. The van der Waals surface area contributed by atoms with Crippen molar-refractivity contribution in [3.63, 3.8) is 0 Å². The summed E-state index contributed by atoms with van der Waals surface area (Å²) in [5.41, 5.74) is -0.0111. The minimum atomic E-state index is -0.656. The Labute approximate surface area is 137 Å².